The van der Waals surface area contributed by atoms with Gasteiger partial charge in [0.2, 0.25) is 0 Å². The lowest BCUT2D eigenvalue weighted by atomic mass is 9.79. The number of aliphatic hydroxyl groups is 5. The van der Waals surface area contributed by atoms with E-state index in [1.165, 1.54) is 0 Å². The minimum Gasteiger partial charge on any atom is -0.444 e. The molecular weight excluding hydrogens is 608 g/mol. The fourth-order valence-electron chi connectivity index (χ4n) is 6.00. The van der Waals surface area contributed by atoms with E-state index in [1.54, 1.807) is 55.4 Å². The average molecular weight is 665 g/mol. The van der Waals surface area contributed by atoms with Gasteiger partial charge in [0.05, 0.1) is 31.0 Å². The smallest absolute Gasteiger partial charge is 0.407 e. The maximum absolute atomic E-state index is 12.8. The van der Waals surface area contributed by atoms with E-state index in [1.807, 2.05) is 6.92 Å². The SMILES string of the molecule is C[C@@H]1CC(O)[C@@H](CNC(=O)OC(C)(C)C)O[C@@H]1OC1C(O)[C@@H](O[C@H]2OC(CO)[C@@H](O)[C@H](C)C2O)[C@H](C)C[C@@H]1NC(=O)OC(C)(C)C. The Kier molecular flexibility index (Phi) is 13.1. The van der Waals surface area contributed by atoms with E-state index >= 15 is 0 Å². The summed E-state index contributed by atoms with van der Waals surface area (Å²) in [6.45, 7) is 15.0. The second-order valence-corrected chi connectivity index (χ2v) is 14.9. The summed E-state index contributed by atoms with van der Waals surface area (Å²) in [5.41, 5.74) is -1.50. The van der Waals surface area contributed by atoms with Crippen LogP contribution in [0.1, 0.15) is 75.2 Å². The van der Waals surface area contributed by atoms with Gasteiger partial charge in [0.25, 0.3) is 0 Å². The number of amides is 2. The molecule has 0 radical (unpaired) electrons. The van der Waals surface area contributed by atoms with Crippen molar-refractivity contribution in [2.45, 2.75) is 154 Å². The van der Waals surface area contributed by atoms with E-state index in [4.69, 9.17) is 28.4 Å². The third-order valence-corrected chi connectivity index (χ3v) is 8.43. The summed E-state index contributed by atoms with van der Waals surface area (Å²) in [4.78, 5) is 25.1. The number of aliphatic hydroxyl groups excluding tert-OH is 5. The van der Waals surface area contributed by atoms with Gasteiger partial charge < -0.3 is 64.6 Å². The van der Waals surface area contributed by atoms with Crippen LogP contribution in [-0.4, -0.2) is 130 Å². The molecule has 15 heteroatoms. The number of rotatable bonds is 8. The van der Waals surface area contributed by atoms with Crippen molar-refractivity contribution in [2.75, 3.05) is 13.2 Å². The van der Waals surface area contributed by atoms with E-state index in [-0.39, 0.29) is 25.3 Å². The van der Waals surface area contributed by atoms with E-state index in [2.05, 4.69) is 10.6 Å². The molecule has 2 heterocycles. The Balaban J connectivity index is 1.80. The minimum atomic E-state index is -1.38. The highest BCUT2D eigenvalue weighted by molar-refractivity contribution is 5.68. The third-order valence-electron chi connectivity index (χ3n) is 8.43. The van der Waals surface area contributed by atoms with E-state index < -0.39 is 109 Å². The van der Waals surface area contributed by atoms with Crippen molar-refractivity contribution < 1.29 is 63.5 Å². The normalized spacial score (nSPS) is 40.6. The first kappa shape index (κ1) is 38.6. The summed E-state index contributed by atoms with van der Waals surface area (Å²) in [7, 11) is 0. The van der Waals surface area contributed by atoms with Crippen molar-refractivity contribution in [1.82, 2.24) is 10.6 Å². The van der Waals surface area contributed by atoms with Crippen LogP contribution in [-0.2, 0) is 28.4 Å². The first-order chi connectivity index (χ1) is 21.2. The van der Waals surface area contributed by atoms with Crippen LogP contribution < -0.4 is 10.6 Å². The summed E-state index contributed by atoms with van der Waals surface area (Å²) >= 11 is 0. The molecule has 3 rings (SSSR count). The number of carbonyl (C=O) groups excluding carboxylic acids is 2. The lowest BCUT2D eigenvalue weighted by Gasteiger charge is -2.48. The fourth-order valence-corrected chi connectivity index (χ4v) is 6.00. The summed E-state index contributed by atoms with van der Waals surface area (Å²) in [6.07, 6.45) is -11.7. The zero-order chi connectivity index (χ0) is 34.7. The second kappa shape index (κ2) is 15.6. The average Bonchev–Trinajstić information content (AvgIpc) is 2.91. The molecule has 268 valence electrons. The molecule has 7 N–H and O–H groups in total. The zero-order valence-electron chi connectivity index (χ0n) is 28.4. The molecule has 3 aliphatic rings. The minimum absolute atomic E-state index is 0.0643. The predicted octanol–water partition coefficient (Wildman–Crippen LogP) is 0.763. The molecule has 2 aliphatic heterocycles. The van der Waals surface area contributed by atoms with Crippen molar-refractivity contribution in [3.05, 3.63) is 0 Å². The van der Waals surface area contributed by atoms with Crippen LogP contribution in [0.25, 0.3) is 0 Å². The van der Waals surface area contributed by atoms with Crippen LogP contribution in [0.15, 0.2) is 0 Å². The van der Waals surface area contributed by atoms with Crippen molar-refractivity contribution in [3.8, 4) is 0 Å². The molecule has 1 saturated carbocycles. The zero-order valence-corrected chi connectivity index (χ0v) is 28.4. The highest BCUT2D eigenvalue weighted by atomic mass is 16.7. The van der Waals surface area contributed by atoms with Crippen LogP contribution in [0.5, 0.6) is 0 Å². The maximum atomic E-state index is 12.8. The quantitative estimate of drug-likeness (QED) is 0.191. The second-order valence-electron chi connectivity index (χ2n) is 14.9. The molecule has 0 spiro atoms. The number of hydrogen-bond acceptors (Lipinski definition) is 13. The molecule has 5 unspecified atom stereocenters. The molecule has 15 nitrogen and oxygen atoms in total. The van der Waals surface area contributed by atoms with E-state index in [0.29, 0.717) is 0 Å². The molecule has 46 heavy (non-hydrogen) atoms. The Labute approximate surface area is 271 Å². The van der Waals surface area contributed by atoms with Gasteiger partial charge in [-0.2, -0.15) is 0 Å². The van der Waals surface area contributed by atoms with Crippen molar-refractivity contribution in [1.29, 1.82) is 0 Å². The number of nitrogens with one attached hydrogen (secondary N) is 2. The summed E-state index contributed by atoms with van der Waals surface area (Å²) in [5.74, 6) is -1.43. The van der Waals surface area contributed by atoms with Gasteiger partial charge in [0.15, 0.2) is 12.6 Å². The lowest BCUT2D eigenvalue weighted by molar-refractivity contribution is -0.328. The van der Waals surface area contributed by atoms with Gasteiger partial charge in [-0.3, -0.25) is 0 Å². The molecule has 1 aliphatic carbocycles. The van der Waals surface area contributed by atoms with Gasteiger partial charge in [-0.25, -0.2) is 9.59 Å². The van der Waals surface area contributed by atoms with Crippen LogP contribution in [0, 0.1) is 17.8 Å². The van der Waals surface area contributed by atoms with Crippen LogP contribution >= 0.6 is 0 Å². The van der Waals surface area contributed by atoms with Crippen LogP contribution in [0.3, 0.4) is 0 Å². The predicted molar refractivity (Wildman–Crippen MR) is 162 cm³/mol. The molecule has 2 amide bonds. The Bertz CT molecular complexity index is 1000. The van der Waals surface area contributed by atoms with Gasteiger partial charge >= 0.3 is 12.2 Å². The van der Waals surface area contributed by atoms with E-state index in [0.717, 1.165) is 0 Å². The Morgan fingerprint density at radius 2 is 1.30 bits per heavy atom. The fraction of sp³-hybridized carbons (Fsp3) is 0.935. The molecule has 0 bridgehead atoms. The van der Waals surface area contributed by atoms with Crippen molar-refractivity contribution >= 4 is 12.2 Å². The molecule has 14 atom stereocenters. The number of alkyl carbamates (subject to hydrolysis) is 2. The van der Waals surface area contributed by atoms with Gasteiger partial charge in [-0.15, -0.1) is 0 Å². The highest BCUT2D eigenvalue weighted by Crippen LogP contribution is 2.37. The molecule has 0 aromatic heterocycles. The van der Waals surface area contributed by atoms with Crippen molar-refractivity contribution in [2.24, 2.45) is 17.8 Å². The maximum Gasteiger partial charge on any atom is 0.407 e. The van der Waals surface area contributed by atoms with E-state index in [9.17, 15) is 35.1 Å². The third kappa shape index (κ3) is 10.3. The molecule has 0 aromatic carbocycles. The molecule has 3 fully saturated rings. The topological polar surface area (TPSA) is 215 Å². The first-order valence-electron chi connectivity index (χ1n) is 16.1. The number of carbonyl (C=O) groups is 2. The van der Waals surface area contributed by atoms with Gasteiger partial charge in [-0.1, -0.05) is 20.8 Å². The Morgan fingerprint density at radius 1 is 0.739 bits per heavy atom. The molecular formula is C31H56N2O13. The standard InChI is InChI=1S/C31H56N2O13/c1-14-10-17(33-29(40)46-31(7,8)9)25(23(38)24(14)43-27-22(37)16(3)21(36)20(13-34)42-27)44-26-15(2)11-18(35)19(41-26)12-32-28(39)45-30(4,5)6/h14-27,34-38H,10-13H2,1-9H3,(H,32,39)(H,33,40)/t14-,15-,16+,17+,18?,19-,20?,21+,22?,23?,24+,25?,26-,27-/m1/s1. The van der Waals surface area contributed by atoms with Gasteiger partial charge in [-0.05, 0) is 60.3 Å². The van der Waals surface area contributed by atoms with Gasteiger partial charge in [0, 0.05) is 18.4 Å². The first-order valence-corrected chi connectivity index (χ1v) is 16.1. The van der Waals surface area contributed by atoms with Gasteiger partial charge in [0.1, 0.15) is 41.7 Å². The largest absolute Gasteiger partial charge is 0.444 e. The molecule has 2 saturated heterocycles. The monoisotopic (exact) mass is 664 g/mol. The summed E-state index contributed by atoms with van der Waals surface area (Å²) in [5, 5.41) is 58.7. The highest BCUT2D eigenvalue weighted by Gasteiger charge is 2.51. The summed E-state index contributed by atoms with van der Waals surface area (Å²) < 4.78 is 35.0. The van der Waals surface area contributed by atoms with Crippen LogP contribution in [0.2, 0.25) is 0 Å². The molecule has 0 aromatic rings. The van der Waals surface area contributed by atoms with Crippen LogP contribution in [0.4, 0.5) is 9.59 Å². The number of hydrogen-bond donors (Lipinski definition) is 7. The lowest BCUT2D eigenvalue weighted by Crippen LogP contribution is -2.64. The number of ether oxygens (including phenoxy) is 6. The van der Waals surface area contributed by atoms with Crippen molar-refractivity contribution in [3.63, 3.8) is 0 Å². The Morgan fingerprint density at radius 3 is 1.89 bits per heavy atom. The summed E-state index contributed by atoms with van der Waals surface area (Å²) in [6, 6.07) is -0.760. The Hall–Kier alpha value is -1.82.